The Bertz CT molecular complexity index is 1480. The van der Waals surface area contributed by atoms with Crippen LogP contribution in [0.25, 0.3) is 39.0 Å². The normalized spacial score (nSPS) is 19.0. The summed E-state index contributed by atoms with van der Waals surface area (Å²) in [6.07, 6.45) is 4.85. The Morgan fingerprint density at radius 1 is 1.06 bits per heavy atom. The van der Waals surface area contributed by atoms with Crippen molar-refractivity contribution in [1.82, 2.24) is 28.3 Å². The van der Waals surface area contributed by atoms with Crippen molar-refractivity contribution in [2.45, 2.75) is 37.8 Å². The molecule has 3 heterocycles. The quantitative estimate of drug-likeness (QED) is 0.335. The molecule has 3 aromatic heterocycles. The molecule has 2 atom stereocenters. The molecular formula is C22H21N7O2S. The summed E-state index contributed by atoms with van der Waals surface area (Å²) in [5.41, 5.74) is 5.26. The molecule has 0 saturated heterocycles. The maximum atomic E-state index is 13.2. The van der Waals surface area contributed by atoms with Gasteiger partial charge in [-0.1, -0.05) is 18.9 Å². The highest BCUT2D eigenvalue weighted by Crippen LogP contribution is 2.32. The van der Waals surface area contributed by atoms with Gasteiger partial charge in [0.15, 0.2) is 0 Å². The Kier molecular flexibility index (Phi) is 4.54. The number of hydrogen-bond donors (Lipinski definition) is 4. The molecule has 162 valence electrons. The van der Waals surface area contributed by atoms with Crippen molar-refractivity contribution in [2.75, 3.05) is 5.32 Å². The fourth-order valence-corrected chi connectivity index (χ4v) is 5.03. The van der Waals surface area contributed by atoms with Gasteiger partial charge in [0.25, 0.3) is 0 Å². The van der Waals surface area contributed by atoms with E-state index >= 15 is 0 Å². The predicted octanol–water partition coefficient (Wildman–Crippen LogP) is 3.43. The van der Waals surface area contributed by atoms with Gasteiger partial charge in [-0.2, -0.15) is 8.75 Å². The molecule has 0 bridgehead atoms. The number of rotatable bonds is 4. The van der Waals surface area contributed by atoms with E-state index in [0.29, 0.717) is 17.2 Å². The van der Waals surface area contributed by atoms with Gasteiger partial charge in [-0.25, -0.2) is 9.78 Å². The van der Waals surface area contributed by atoms with Crippen molar-refractivity contribution in [3.05, 3.63) is 53.2 Å². The van der Waals surface area contributed by atoms with Gasteiger partial charge in [0.1, 0.15) is 16.9 Å². The lowest BCUT2D eigenvalue weighted by molar-refractivity contribution is 0.116. The number of anilines is 1. The van der Waals surface area contributed by atoms with E-state index < -0.39 is 6.10 Å². The topological polar surface area (TPSA) is 125 Å². The molecule has 2 unspecified atom stereocenters. The summed E-state index contributed by atoms with van der Waals surface area (Å²) in [5, 5.41) is 13.9. The molecule has 2 aromatic carbocycles. The molecular weight excluding hydrogens is 426 g/mol. The Balaban J connectivity index is 1.54. The number of aromatic amines is 2. The first kappa shape index (κ1) is 19.2. The minimum Gasteiger partial charge on any atom is -0.391 e. The highest BCUT2D eigenvalue weighted by molar-refractivity contribution is 7.00. The molecule has 0 radical (unpaired) electrons. The van der Waals surface area contributed by atoms with Crippen molar-refractivity contribution in [1.29, 1.82) is 0 Å². The smallest absolute Gasteiger partial charge is 0.332 e. The Morgan fingerprint density at radius 3 is 2.81 bits per heavy atom. The Hall–Kier alpha value is -3.50. The summed E-state index contributed by atoms with van der Waals surface area (Å²) in [6.45, 7) is 0. The Labute approximate surface area is 186 Å². The van der Waals surface area contributed by atoms with E-state index in [1.807, 2.05) is 36.4 Å². The van der Waals surface area contributed by atoms with Crippen LogP contribution < -0.4 is 11.0 Å². The highest BCUT2D eigenvalue weighted by atomic mass is 32.1. The summed E-state index contributed by atoms with van der Waals surface area (Å²) < 4.78 is 10.3. The molecule has 1 fully saturated rings. The first-order valence-electron chi connectivity index (χ1n) is 10.6. The number of hydrogen-bond acceptors (Lipinski definition) is 7. The largest absolute Gasteiger partial charge is 0.391 e. The van der Waals surface area contributed by atoms with Crippen molar-refractivity contribution >= 4 is 39.6 Å². The number of benzene rings is 2. The van der Waals surface area contributed by atoms with Gasteiger partial charge in [0.2, 0.25) is 0 Å². The molecule has 0 spiro atoms. The fourth-order valence-electron chi connectivity index (χ4n) is 4.52. The van der Waals surface area contributed by atoms with Gasteiger partial charge in [-0.15, -0.1) is 0 Å². The van der Waals surface area contributed by atoms with E-state index in [-0.39, 0.29) is 11.7 Å². The molecule has 0 amide bonds. The highest BCUT2D eigenvalue weighted by Gasteiger charge is 2.26. The summed E-state index contributed by atoms with van der Waals surface area (Å²) >= 11 is 1.16. The average Bonchev–Trinajstić information content (AvgIpc) is 3.52. The van der Waals surface area contributed by atoms with Crippen LogP contribution in [0.2, 0.25) is 0 Å². The molecule has 5 aromatic rings. The SMILES string of the molecule is O=c1[nH]c(NC2CCCCC2O)c(-c2ccc3nsnc3c2)n1-c1ccc2nc[nH]c2c1. The first-order valence-corrected chi connectivity index (χ1v) is 11.4. The second-order valence-electron chi connectivity index (χ2n) is 8.16. The van der Waals surface area contributed by atoms with Crippen LogP contribution in [-0.4, -0.2) is 45.5 Å². The molecule has 4 N–H and O–H groups in total. The van der Waals surface area contributed by atoms with Crippen molar-refractivity contribution < 1.29 is 5.11 Å². The maximum absolute atomic E-state index is 13.2. The van der Waals surface area contributed by atoms with Crippen molar-refractivity contribution in [2.24, 2.45) is 0 Å². The second-order valence-corrected chi connectivity index (χ2v) is 8.69. The molecule has 9 nitrogen and oxygen atoms in total. The third kappa shape index (κ3) is 3.19. The average molecular weight is 448 g/mol. The third-order valence-electron chi connectivity index (χ3n) is 6.14. The van der Waals surface area contributed by atoms with E-state index in [1.165, 1.54) is 0 Å². The van der Waals surface area contributed by atoms with Crippen LogP contribution in [0, 0.1) is 0 Å². The van der Waals surface area contributed by atoms with E-state index in [9.17, 15) is 9.90 Å². The van der Waals surface area contributed by atoms with Gasteiger partial charge >= 0.3 is 5.69 Å². The van der Waals surface area contributed by atoms with E-state index in [4.69, 9.17) is 0 Å². The van der Waals surface area contributed by atoms with Gasteiger partial charge in [0, 0.05) is 5.56 Å². The van der Waals surface area contributed by atoms with E-state index in [1.54, 1.807) is 10.9 Å². The van der Waals surface area contributed by atoms with Crippen LogP contribution in [0.1, 0.15) is 25.7 Å². The molecule has 1 saturated carbocycles. The van der Waals surface area contributed by atoms with Crippen LogP contribution in [-0.2, 0) is 0 Å². The van der Waals surface area contributed by atoms with Crippen LogP contribution in [0.3, 0.4) is 0 Å². The number of aliphatic hydroxyl groups excluding tert-OH is 1. The molecule has 0 aliphatic heterocycles. The summed E-state index contributed by atoms with van der Waals surface area (Å²) in [4.78, 5) is 23.6. The number of aromatic nitrogens is 6. The fraction of sp³-hybridized carbons (Fsp3) is 0.273. The number of imidazole rings is 2. The molecule has 1 aliphatic carbocycles. The lowest BCUT2D eigenvalue weighted by Gasteiger charge is -2.29. The van der Waals surface area contributed by atoms with Gasteiger partial charge in [0.05, 0.1) is 52.6 Å². The lowest BCUT2D eigenvalue weighted by Crippen LogP contribution is -2.36. The van der Waals surface area contributed by atoms with E-state index in [2.05, 4.69) is 29.0 Å². The number of aliphatic hydroxyl groups is 1. The number of nitrogens with one attached hydrogen (secondary N) is 3. The number of H-pyrrole nitrogens is 2. The summed E-state index contributed by atoms with van der Waals surface area (Å²) in [7, 11) is 0. The summed E-state index contributed by atoms with van der Waals surface area (Å²) in [6, 6.07) is 11.3. The maximum Gasteiger partial charge on any atom is 0.332 e. The van der Waals surface area contributed by atoms with Crippen molar-refractivity contribution in [3.63, 3.8) is 0 Å². The van der Waals surface area contributed by atoms with E-state index in [0.717, 1.165) is 65.0 Å². The van der Waals surface area contributed by atoms with Crippen molar-refractivity contribution in [3.8, 4) is 16.9 Å². The van der Waals surface area contributed by atoms with Crippen LogP contribution in [0.4, 0.5) is 5.82 Å². The van der Waals surface area contributed by atoms with Gasteiger partial charge in [-0.3, -0.25) is 9.55 Å². The van der Waals surface area contributed by atoms with Gasteiger partial charge in [-0.05, 0) is 43.2 Å². The zero-order chi connectivity index (χ0) is 21.7. The zero-order valence-electron chi connectivity index (χ0n) is 17.1. The lowest BCUT2D eigenvalue weighted by atomic mass is 9.92. The second kappa shape index (κ2) is 7.57. The van der Waals surface area contributed by atoms with Crippen LogP contribution in [0.15, 0.2) is 47.5 Å². The predicted molar refractivity (Wildman–Crippen MR) is 124 cm³/mol. The molecule has 32 heavy (non-hydrogen) atoms. The minimum absolute atomic E-state index is 0.117. The number of fused-ring (bicyclic) bond motifs is 2. The Morgan fingerprint density at radius 2 is 1.91 bits per heavy atom. The third-order valence-corrected chi connectivity index (χ3v) is 6.70. The molecule has 10 heteroatoms. The summed E-state index contributed by atoms with van der Waals surface area (Å²) in [5.74, 6) is 0.591. The zero-order valence-corrected chi connectivity index (χ0v) is 17.9. The molecule has 6 rings (SSSR count). The first-order chi connectivity index (χ1) is 15.7. The monoisotopic (exact) mass is 447 g/mol. The minimum atomic E-state index is -0.449. The van der Waals surface area contributed by atoms with Gasteiger partial charge < -0.3 is 15.4 Å². The standard InChI is InChI=1S/C22H21N7O2S/c30-19-4-2-1-3-16(19)25-21-20(12-5-7-15-18(9-12)28-32-27-15)29(22(31)26-21)13-6-8-14-17(10-13)24-11-23-14/h5-11,16,19,25,30H,1-4H2,(H,23,24)(H,26,31). The van der Waals surface area contributed by atoms with Crippen LogP contribution in [0.5, 0.6) is 0 Å². The number of nitrogens with zero attached hydrogens (tertiary/aromatic N) is 4. The molecule has 1 aliphatic rings. The van der Waals surface area contributed by atoms with Crippen LogP contribution >= 0.6 is 11.7 Å².